The number of aliphatic hydroxyl groups excluding tert-OH is 2. The Morgan fingerprint density at radius 3 is 2.74 bits per heavy atom. The number of carboxylic acid groups (broad SMARTS) is 1. The molecule has 1 aromatic carbocycles. The number of nitrogens with one attached hydrogen (secondary N) is 2. The van der Waals surface area contributed by atoms with Gasteiger partial charge in [-0.3, -0.25) is 4.79 Å². The summed E-state index contributed by atoms with van der Waals surface area (Å²) in [6.45, 7) is 0.710. The van der Waals surface area contributed by atoms with Crippen molar-refractivity contribution in [2.75, 3.05) is 13.2 Å². The van der Waals surface area contributed by atoms with Crippen molar-refractivity contribution in [1.29, 1.82) is 0 Å². The van der Waals surface area contributed by atoms with Gasteiger partial charge in [-0.25, -0.2) is 9.59 Å². The lowest BCUT2D eigenvalue weighted by molar-refractivity contribution is -0.287. The Morgan fingerprint density at radius 2 is 2.06 bits per heavy atom. The van der Waals surface area contributed by atoms with Gasteiger partial charge in [0.2, 0.25) is 5.91 Å². The first-order valence-corrected chi connectivity index (χ1v) is 10.7. The number of aliphatic carboxylic acids is 1. The van der Waals surface area contributed by atoms with Crippen LogP contribution >= 0.6 is 0 Å². The number of para-hydroxylation sites is 1. The Kier molecular flexibility index (Phi) is 7.89. The summed E-state index contributed by atoms with van der Waals surface area (Å²) < 4.78 is 10.4. The second-order valence-electron chi connectivity index (χ2n) is 8.41. The number of benzene rings is 1. The SMILES string of the molecule is CC(=O)NCC1C(O)CC(O)(C(=O)O)OC1C[C@H](O)COC(=O)[C@H](N)c1c[nH]c2ccccc12. The molecule has 34 heavy (non-hydrogen) atoms. The van der Waals surface area contributed by atoms with Crippen molar-refractivity contribution in [2.24, 2.45) is 11.7 Å². The Bertz CT molecular complexity index is 1040. The molecule has 0 spiro atoms. The summed E-state index contributed by atoms with van der Waals surface area (Å²) >= 11 is 0. The zero-order chi connectivity index (χ0) is 25.0. The molecule has 1 aliphatic heterocycles. The number of rotatable bonds is 9. The van der Waals surface area contributed by atoms with Crippen molar-refractivity contribution >= 4 is 28.7 Å². The van der Waals surface area contributed by atoms with Crippen LogP contribution in [0.25, 0.3) is 10.9 Å². The molecule has 1 aliphatic rings. The van der Waals surface area contributed by atoms with Crippen molar-refractivity contribution in [2.45, 2.75) is 49.9 Å². The third-order valence-electron chi connectivity index (χ3n) is 5.86. The summed E-state index contributed by atoms with van der Waals surface area (Å²) in [5, 5.41) is 43.6. The number of carbonyl (C=O) groups is 3. The summed E-state index contributed by atoms with van der Waals surface area (Å²) in [6, 6.07) is 6.15. The van der Waals surface area contributed by atoms with Crippen LogP contribution in [0.1, 0.15) is 31.4 Å². The lowest BCUT2D eigenvalue weighted by atomic mass is 9.84. The molecule has 3 rings (SSSR count). The third-order valence-corrected chi connectivity index (χ3v) is 5.86. The maximum Gasteiger partial charge on any atom is 0.364 e. The van der Waals surface area contributed by atoms with Crippen molar-refractivity contribution < 1.29 is 44.3 Å². The molecule has 0 saturated carbocycles. The van der Waals surface area contributed by atoms with Gasteiger partial charge in [-0.05, 0) is 6.07 Å². The molecule has 1 saturated heterocycles. The van der Waals surface area contributed by atoms with E-state index in [0.29, 0.717) is 5.56 Å². The number of carboxylic acids is 1. The fourth-order valence-corrected chi connectivity index (χ4v) is 4.04. The predicted octanol–water partition coefficient (Wildman–Crippen LogP) is -0.863. The van der Waals surface area contributed by atoms with Crippen LogP contribution in [0.2, 0.25) is 0 Å². The van der Waals surface area contributed by atoms with Gasteiger partial charge in [-0.2, -0.15) is 0 Å². The number of hydrogen-bond acceptors (Lipinski definition) is 9. The average molecular weight is 479 g/mol. The van der Waals surface area contributed by atoms with E-state index in [4.69, 9.17) is 15.2 Å². The first-order chi connectivity index (χ1) is 16.0. The average Bonchev–Trinajstić information content (AvgIpc) is 3.20. The van der Waals surface area contributed by atoms with Crippen LogP contribution in [0, 0.1) is 5.92 Å². The topological polar surface area (TPSA) is 204 Å². The van der Waals surface area contributed by atoms with E-state index in [1.54, 1.807) is 18.3 Å². The summed E-state index contributed by atoms with van der Waals surface area (Å²) in [6.07, 6.45) is -3.12. The fraction of sp³-hybridized carbons (Fsp3) is 0.500. The molecule has 1 fully saturated rings. The molecular formula is C22H29N3O9. The Labute approximate surface area is 194 Å². The molecule has 186 valence electrons. The molecule has 12 heteroatoms. The number of aromatic nitrogens is 1. The Hall–Kier alpha value is -3.03. The van der Waals surface area contributed by atoms with E-state index in [0.717, 1.165) is 10.9 Å². The molecular weight excluding hydrogens is 450 g/mol. The first kappa shape index (κ1) is 25.6. The Balaban J connectivity index is 1.63. The number of hydrogen-bond donors (Lipinski definition) is 7. The zero-order valence-electron chi connectivity index (χ0n) is 18.5. The summed E-state index contributed by atoms with van der Waals surface area (Å²) in [5.41, 5.74) is 7.34. The van der Waals surface area contributed by atoms with Crippen molar-refractivity contribution in [3.63, 3.8) is 0 Å². The van der Waals surface area contributed by atoms with E-state index in [2.05, 4.69) is 10.3 Å². The Morgan fingerprint density at radius 1 is 1.35 bits per heavy atom. The highest BCUT2D eigenvalue weighted by atomic mass is 16.7. The minimum atomic E-state index is -2.66. The molecule has 12 nitrogen and oxygen atoms in total. The van der Waals surface area contributed by atoms with Crippen LogP contribution < -0.4 is 11.1 Å². The monoisotopic (exact) mass is 479 g/mol. The van der Waals surface area contributed by atoms with Crippen molar-refractivity contribution in [3.8, 4) is 0 Å². The number of ether oxygens (including phenoxy) is 2. The van der Waals surface area contributed by atoms with E-state index in [1.165, 1.54) is 6.92 Å². The van der Waals surface area contributed by atoms with E-state index < -0.39 is 61.0 Å². The molecule has 1 amide bonds. The van der Waals surface area contributed by atoms with E-state index in [9.17, 15) is 34.8 Å². The molecule has 6 atom stereocenters. The van der Waals surface area contributed by atoms with Crippen molar-refractivity contribution in [1.82, 2.24) is 10.3 Å². The lowest BCUT2D eigenvalue weighted by Gasteiger charge is -2.43. The van der Waals surface area contributed by atoms with Gasteiger partial charge in [0.1, 0.15) is 12.6 Å². The van der Waals surface area contributed by atoms with E-state index in [1.807, 2.05) is 12.1 Å². The largest absolute Gasteiger partial charge is 0.477 e. The highest BCUT2D eigenvalue weighted by Gasteiger charge is 2.51. The highest BCUT2D eigenvalue weighted by Crippen LogP contribution is 2.34. The van der Waals surface area contributed by atoms with Crippen LogP contribution in [0.3, 0.4) is 0 Å². The highest BCUT2D eigenvalue weighted by molar-refractivity contribution is 5.89. The second kappa shape index (κ2) is 10.5. The van der Waals surface area contributed by atoms with Gasteiger partial charge >= 0.3 is 11.9 Å². The molecule has 0 aliphatic carbocycles. The quantitative estimate of drug-likeness (QED) is 0.222. The number of H-pyrrole nitrogens is 1. The molecule has 0 bridgehead atoms. The third kappa shape index (κ3) is 5.72. The number of nitrogens with two attached hydrogens (primary N) is 1. The van der Waals surface area contributed by atoms with Gasteiger partial charge in [0.05, 0.1) is 18.3 Å². The van der Waals surface area contributed by atoms with Crippen LogP contribution in [0.15, 0.2) is 30.5 Å². The van der Waals surface area contributed by atoms with Gasteiger partial charge in [0, 0.05) is 54.9 Å². The second-order valence-corrected chi connectivity index (χ2v) is 8.41. The van der Waals surface area contributed by atoms with Crippen LogP contribution in [0.4, 0.5) is 0 Å². The predicted molar refractivity (Wildman–Crippen MR) is 117 cm³/mol. The van der Waals surface area contributed by atoms with Crippen LogP contribution in [-0.2, 0) is 23.9 Å². The number of aromatic amines is 1. The number of aliphatic hydroxyl groups is 3. The van der Waals surface area contributed by atoms with Crippen LogP contribution in [0.5, 0.6) is 0 Å². The molecule has 1 aromatic heterocycles. The number of carbonyl (C=O) groups excluding carboxylic acids is 2. The number of esters is 1. The van der Waals surface area contributed by atoms with Gasteiger partial charge in [0.15, 0.2) is 0 Å². The van der Waals surface area contributed by atoms with Gasteiger partial charge in [0.25, 0.3) is 5.79 Å². The summed E-state index contributed by atoms with van der Waals surface area (Å²) in [5.74, 6) is -6.34. The molecule has 2 heterocycles. The van der Waals surface area contributed by atoms with Crippen LogP contribution in [-0.4, -0.2) is 80.5 Å². The van der Waals surface area contributed by atoms with Gasteiger partial charge in [-0.15, -0.1) is 0 Å². The minimum absolute atomic E-state index is 0.0746. The summed E-state index contributed by atoms with van der Waals surface area (Å²) in [4.78, 5) is 38.2. The first-order valence-electron chi connectivity index (χ1n) is 10.7. The lowest BCUT2D eigenvalue weighted by Crippen LogP contribution is -2.58. The van der Waals surface area contributed by atoms with Gasteiger partial charge in [-0.1, -0.05) is 18.2 Å². The van der Waals surface area contributed by atoms with Crippen molar-refractivity contribution in [3.05, 3.63) is 36.0 Å². The van der Waals surface area contributed by atoms with E-state index >= 15 is 0 Å². The maximum atomic E-state index is 12.5. The molecule has 4 unspecified atom stereocenters. The fourth-order valence-electron chi connectivity index (χ4n) is 4.04. The molecule has 0 radical (unpaired) electrons. The normalized spacial score (nSPS) is 26.6. The molecule has 8 N–H and O–H groups in total. The van der Waals surface area contributed by atoms with Gasteiger partial charge < -0.3 is 45.9 Å². The summed E-state index contributed by atoms with van der Waals surface area (Å²) in [7, 11) is 0. The smallest absolute Gasteiger partial charge is 0.364 e. The maximum absolute atomic E-state index is 12.5. The zero-order valence-corrected chi connectivity index (χ0v) is 18.5. The number of fused-ring (bicyclic) bond motifs is 1. The minimum Gasteiger partial charge on any atom is -0.477 e. The molecule has 2 aromatic rings. The number of amides is 1. The van der Waals surface area contributed by atoms with E-state index in [-0.39, 0.29) is 18.9 Å². The standard InChI is InChI=1S/C22H29N3O9/c1-11(26)24-9-15-17(28)7-22(32,21(30)31)34-18(15)6-12(27)10-33-20(29)19(23)14-8-25-16-5-3-2-4-13(14)16/h2-5,8,12,15,17-19,25,27-28,32H,6-7,9-10,23H2,1H3,(H,24,26)(H,30,31)/t12-,15?,17?,18?,19+,22?/m0/s1.